The maximum absolute atomic E-state index is 12.8. The van der Waals surface area contributed by atoms with Gasteiger partial charge in [-0.15, -0.1) is 0 Å². The lowest BCUT2D eigenvalue weighted by atomic mass is 9.38. The Bertz CT molecular complexity index is 667. The molecule has 4 rings (SSSR count). The Morgan fingerprint density at radius 3 is 2.30 bits per heavy atom. The van der Waals surface area contributed by atoms with E-state index in [0.29, 0.717) is 29.0 Å². The molecule has 0 aromatic rings. The fourth-order valence-corrected chi connectivity index (χ4v) is 8.63. The van der Waals surface area contributed by atoms with Crippen LogP contribution in [0.1, 0.15) is 92.9 Å². The Hall–Kier alpha value is -0.860. The molecule has 0 saturated heterocycles. The summed E-state index contributed by atoms with van der Waals surface area (Å²) in [6.45, 7) is 13.4. The summed E-state index contributed by atoms with van der Waals surface area (Å²) in [6.07, 6.45) is 8.77. The SMILES string of the molecule is CC(=O)OC1CCC2(C)C3CCC4(C)C(=O)CCC4(C)C3CCC2C1(C)C. The lowest BCUT2D eigenvalue weighted by Crippen LogP contribution is -2.61. The van der Waals surface area contributed by atoms with E-state index in [0.717, 1.165) is 32.1 Å². The topological polar surface area (TPSA) is 43.4 Å². The third kappa shape index (κ3) is 2.38. The van der Waals surface area contributed by atoms with Crippen LogP contribution in [0.3, 0.4) is 0 Å². The normalized spacial score (nSPS) is 51.1. The highest BCUT2D eigenvalue weighted by Crippen LogP contribution is 2.72. The second-order valence-electron chi connectivity index (χ2n) is 11.5. The highest BCUT2D eigenvalue weighted by molar-refractivity contribution is 5.88. The molecule has 0 N–H and O–H groups in total. The van der Waals surface area contributed by atoms with Crippen LogP contribution in [0.2, 0.25) is 0 Å². The van der Waals surface area contributed by atoms with Gasteiger partial charge in [-0.05, 0) is 73.5 Å². The van der Waals surface area contributed by atoms with Crippen LogP contribution in [0.5, 0.6) is 0 Å². The third-order valence-corrected chi connectivity index (χ3v) is 10.4. The lowest BCUT2D eigenvalue weighted by Gasteiger charge is -2.66. The van der Waals surface area contributed by atoms with Crippen LogP contribution in [0.4, 0.5) is 0 Å². The smallest absolute Gasteiger partial charge is 0.302 e. The molecule has 4 saturated carbocycles. The van der Waals surface area contributed by atoms with E-state index >= 15 is 0 Å². The van der Waals surface area contributed by atoms with Crippen LogP contribution >= 0.6 is 0 Å². The van der Waals surface area contributed by atoms with Gasteiger partial charge in [-0.25, -0.2) is 0 Å². The maximum atomic E-state index is 12.8. The average molecular weight is 375 g/mol. The first-order valence-corrected chi connectivity index (χ1v) is 11.2. The van der Waals surface area contributed by atoms with E-state index in [1.807, 2.05) is 0 Å². The minimum Gasteiger partial charge on any atom is -0.462 e. The lowest BCUT2D eigenvalue weighted by molar-refractivity contribution is -0.205. The van der Waals surface area contributed by atoms with Crippen molar-refractivity contribution in [1.29, 1.82) is 0 Å². The van der Waals surface area contributed by atoms with Crippen molar-refractivity contribution in [2.24, 2.45) is 39.4 Å². The van der Waals surface area contributed by atoms with Crippen LogP contribution in [-0.4, -0.2) is 17.9 Å². The van der Waals surface area contributed by atoms with Gasteiger partial charge >= 0.3 is 5.97 Å². The molecule has 7 unspecified atom stereocenters. The van der Waals surface area contributed by atoms with E-state index in [1.165, 1.54) is 19.3 Å². The van der Waals surface area contributed by atoms with Gasteiger partial charge in [0.15, 0.2) is 0 Å². The van der Waals surface area contributed by atoms with Crippen molar-refractivity contribution >= 4 is 11.8 Å². The minimum atomic E-state index is -0.143. The molecule has 7 atom stereocenters. The summed E-state index contributed by atoms with van der Waals surface area (Å²) in [6, 6.07) is 0. The maximum Gasteiger partial charge on any atom is 0.302 e. The van der Waals surface area contributed by atoms with Gasteiger partial charge in [0.25, 0.3) is 0 Å². The van der Waals surface area contributed by atoms with Crippen LogP contribution in [-0.2, 0) is 14.3 Å². The number of ketones is 1. The fraction of sp³-hybridized carbons (Fsp3) is 0.917. The summed E-state index contributed by atoms with van der Waals surface area (Å²) in [5, 5.41) is 0. The molecular formula is C24H38O3. The van der Waals surface area contributed by atoms with Gasteiger partial charge in [0, 0.05) is 24.2 Å². The van der Waals surface area contributed by atoms with Crippen molar-refractivity contribution in [2.45, 2.75) is 99.0 Å². The first-order chi connectivity index (χ1) is 12.5. The summed E-state index contributed by atoms with van der Waals surface area (Å²) in [5.74, 6) is 2.35. The van der Waals surface area contributed by atoms with Gasteiger partial charge in [0.2, 0.25) is 0 Å². The predicted octanol–water partition coefficient (Wildman–Crippen LogP) is 5.56. The highest BCUT2D eigenvalue weighted by Gasteiger charge is 2.67. The zero-order chi connectivity index (χ0) is 19.8. The van der Waals surface area contributed by atoms with Crippen LogP contribution in [0.15, 0.2) is 0 Å². The van der Waals surface area contributed by atoms with E-state index < -0.39 is 0 Å². The summed E-state index contributed by atoms with van der Waals surface area (Å²) in [7, 11) is 0. The standard InChI is InChI=1S/C24H38O3/c1-15(25)27-20-11-12-22(4)16-9-13-24(6)19(26)10-14-23(24,5)17(16)7-8-18(22)21(20,2)3/h16-18,20H,7-14H2,1-6H3. The predicted molar refractivity (Wildman–Crippen MR) is 106 cm³/mol. The second-order valence-corrected chi connectivity index (χ2v) is 11.5. The Labute approximate surface area is 165 Å². The van der Waals surface area contributed by atoms with Crippen LogP contribution in [0.25, 0.3) is 0 Å². The molecule has 3 nitrogen and oxygen atoms in total. The van der Waals surface area contributed by atoms with E-state index in [-0.39, 0.29) is 28.3 Å². The van der Waals surface area contributed by atoms with Gasteiger partial charge in [-0.1, -0.05) is 34.6 Å². The number of hydrogen-bond acceptors (Lipinski definition) is 3. The van der Waals surface area contributed by atoms with Crippen molar-refractivity contribution in [2.75, 3.05) is 0 Å². The Morgan fingerprint density at radius 2 is 1.63 bits per heavy atom. The second kappa shape index (κ2) is 5.83. The van der Waals surface area contributed by atoms with E-state index in [4.69, 9.17) is 4.74 Å². The zero-order valence-corrected chi connectivity index (χ0v) is 18.2. The number of rotatable bonds is 1. The molecule has 27 heavy (non-hydrogen) atoms. The van der Waals surface area contributed by atoms with Crippen molar-refractivity contribution in [1.82, 2.24) is 0 Å². The fourth-order valence-electron chi connectivity index (χ4n) is 8.63. The summed E-state index contributed by atoms with van der Waals surface area (Å²) in [4.78, 5) is 24.4. The Kier molecular flexibility index (Phi) is 4.20. The van der Waals surface area contributed by atoms with Gasteiger partial charge in [0.05, 0.1) is 0 Å². The number of hydrogen-bond donors (Lipinski definition) is 0. The van der Waals surface area contributed by atoms with E-state index in [9.17, 15) is 9.59 Å². The highest BCUT2D eigenvalue weighted by atomic mass is 16.5. The van der Waals surface area contributed by atoms with Crippen LogP contribution < -0.4 is 0 Å². The summed E-state index contributed by atoms with van der Waals surface area (Å²) in [5.41, 5.74) is 0.412. The molecule has 0 radical (unpaired) electrons. The number of fused-ring (bicyclic) bond motifs is 5. The molecule has 3 heteroatoms. The first-order valence-electron chi connectivity index (χ1n) is 11.2. The number of carbonyl (C=O) groups is 2. The van der Waals surface area contributed by atoms with Gasteiger partial charge in [-0.2, -0.15) is 0 Å². The van der Waals surface area contributed by atoms with Crippen molar-refractivity contribution < 1.29 is 14.3 Å². The number of esters is 1. The third-order valence-electron chi connectivity index (χ3n) is 10.4. The van der Waals surface area contributed by atoms with Gasteiger partial charge in [0.1, 0.15) is 11.9 Å². The molecule has 4 fully saturated rings. The number of Topliss-reactive ketones (excluding diaryl/α,β-unsaturated/α-hetero) is 1. The molecule has 0 amide bonds. The summed E-state index contributed by atoms with van der Waals surface area (Å²) >= 11 is 0. The zero-order valence-electron chi connectivity index (χ0n) is 18.2. The molecule has 0 aliphatic heterocycles. The molecule has 4 aliphatic carbocycles. The molecule has 0 aromatic carbocycles. The summed E-state index contributed by atoms with van der Waals surface area (Å²) < 4.78 is 5.77. The average Bonchev–Trinajstić information content (AvgIpc) is 2.82. The minimum absolute atomic E-state index is 0.0246. The van der Waals surface area contributed by atoms with Crippen molar-refractivity contribution in [3.05, 3.63) is 0 Å². The molecular weight excluding hydrogens is 336 g/mol. The largest absolute Gasteiger partial charge is 0.462 e. The number of carbonyl (C=O) groups excluding carboxylic acids is 2. The van der Waals surface area contributed by atoms with Gasteiger partial charge < -0.3 is 4.74 Å². The Balaban J connectivity index is 1.67. The van der Waals surface area contributed by atoms with Gasteiger partial charge in [-0.3, -0.25) is 9.59 Å². The first kappa shape index (κ1) is 19.5. The van der Waals surface area contributed by atoms with Crippen LogP contribution in [0, 0.1) is 39.4 Å². The molecule has 152 valence electrons. The van der Waals surface area contributed by atoms with E-state index in [2.05, 4.69) is 34.6 Å². The Morgan fingerprint density at radius 1 is 0.926 bits per heavy atom. The van der Waals surface area contributed by atoms with Crippen molar-refractivity contribution in [3.8, 4) is 0 Å². The quantitative estimate of drug-likeness (QED) is 0.565. The molecule has 0 aromatic heterocycles. The van der Waals surface area contributed by atoms with E-state index in [1.54, 1.807) is 6.92 Å². The number of ether oxygens (including phenoxy) is 1. The molecule has 0 spiro atoms. The molecule has 4 aliphatic rings. The molecule has 0 heterocycles. The monoisotopic (exact) mass is 374 g/mol. The molecule has 0 bridgehead atoms. The van der Waals surface area contributed by atoms with Crippen molar-refractivity contribution in [3.63, 3.8) is 0 Å².